The van der Waals surface area contributed by atoms with E-state index >= 15 is 0 Å². The summed E-state index contributed by atoms with van der Waals surface area (Å²) < 4.78 is 16.5. The lowest BCUT2D eigenvalue weighted by Crippen LogP contribution is -2.27. The minimum atomic E-state index is -1.19. The molecule has 0 spiro atoms. The van der Waals surface area contributed by atoms with Crippen LogP contribution in [0.2, 0.25) is 0 Å². The van der Waals surface area contributed by atoms with Gasteiger partial charge < -0.3 is 24.4 Å². The second-order valence-electron chi connectivity index (χ2n) is 6.59. The Bertz CT molecular complexity index is 955. The summed E-state index contributed by atoms with van der Waals surface area (Å²) in [5.74, 6) is -0.951. The van der Waals surface area contributed by atoms with Crippen LogP contribution in [-0.4, -0.2) is 54.5 Å². The number of carboxylic acid groups (broad SMARTS) is 1. The van der Waals surface area contributed by atoms with Gasteiger partial charge in [-0.1, -0.05) is 18.2 Å². The minimum Gasteiger partial charge on any atom is -0.491 e. The number of hydrogen-bond acceptors (Lipinski definition) is 7. The normalized spacial score (nSPS) is 12.7. The van der Waals surface area contributed by atoms with Crippen LogP contribution in [-0.2, 0) is 14.3 Å². The van der Waals surface area contributed by atoms with E-state index < -0.39 is 24.3 Å². The molecule has 0 heterocycles. The van der Waals surface area contributed by atoms with E-state index in [0.717, 1.165) is 6.08 Å². The maximum atomic E-state index is 12.6. The number of ether oxygens (including phenoxy) is 3. The minimum absolute atomic E-state index is 0.0149. The number of nitrogens with one attached hydrogen (secondary N) is 1. The van der Waals surface area contributed by atoms with Gasteiger partial charge in [0.25, 0.3) is 0 Å². The molecular formula is C23H25NO8. The van der Waals surface area contributed by atoms with Crippen molar-refractivity contribution >= 4 is 23.5 Å². The van der Waals surface area contributed by atoms with Crippen molar-refractivity contribution in [2.75, 3.05) is 25.6 Å². The first-order valence-corrected chi connectivity index (χ1v) is 9.70. The number of para-hydroxylation sites is 1. The van der Waals surface area contributed by atoms with E-state index in [-0.39, 0.29) is 19.0 Å². The van der Waals surface area contributed by atoms with Gasteiger partial charge in [0.2, 0.25) is 0 Å². The third-order valence-electron chi connectivity index (χ3n) is 4.35. The van der Waals surface area contributed by atoms with E-state index in [1.807, 2.05) is 0 Å². The number of aliphatic hydroxyl groups is 1. The number of aliphatic carboxylic acids is 1. The SMILES string of the molecule is CO[C@@H](/C=C/C(=O)O)[C@@H](OC(=O)Nc1ccc(C(C)=O)cc1)c1ccccc1OCCO. The standard InChI is InChI=1S/C23H25NO8/c1-15(26)16-7-9-17(10-8-16)24-23(29)32-22(20(30-2)11-12-21(27)28)18-5-3-4-6-19(18)31-14-13-25/h3-12,20,22,25H,13-14H2,1-2H3,(H,24,29)(H,27,28)/b12-11+/t20-,22-/m0/s1. The van der Waals surface area contributed by atoms with E-state index in [1.54, 1.807) is 48.5 Å². The first-order valence-electron chi connectivity index (χ1n) is 9.70. The zero-order valence-electron chi connectivity index (χ0n) is 17.7. The number of carbonyl (C=O) groups excluding carboxylic acids is 2. The maximum Gasteiger partial charge on any atom is 0.412 e. The first kappa shape index (κ1) is 24.6. The zero-order valence-corrected chi connectivity index (χ0v) is 17.7. The third kappa shape index (κ3) is 7.22. The van der Waals surface area contributed by atoms with Crippen LogP contribution in [0.1, 0.15) is 28.9 Å². The number of aliphatic hydroxyl groups excluding tert-OH is 1. The molecule has 2 aromatic carbocycles. The highest BCUT2D eigenvalue weighted by atomic mass is 16.6. The molecule has 0 aliphatic carbocycles. The van der Waals surface area contributed by atoms with Crippen molar-refractivity contribution in [3.63, 3.8) is 0 Å². The number of carboxylic acids is 1. The second-order valence-corrected chi connectivity index (χ2v) is 6.59. The molecule has 1 amide bonds. The van der Waals surface area contributed by atoms with Crippen molar-refractivity contribution in [3.05, 3.63) is 71.8 Å². The highest BCUT2D eigenvalue weighted by Gasteiger charge is 2.28. The first-order chi connectivity index (χ1) is 15.3. The Hall–Kier alpha value is -3.69. The van der Waals surface area contributed by atoms with Crippen LogP contribution < -0.4 is 10.1 Å². The fourth-order valence-corrected chi connectivity index (χ4v) is 2.84. The van der Waals surface area contributed by atoms with Gasteiger partial charge in [-0.15, -0.1) is 0 Å². The van der Waals surface area contributed by atoms with Crippen molar-refractivity contribution in [2.45, 2.75) is 19.1 Å². The van der Waals surface area contributed by atoms with Crippen LogP contribution in [0.5, 0.6) is 5.75 Å². The molecule has 9 nitrogen and oxygen atoms in total. The Balaban J connectivity index is 2.31. The van der Waals surface area contributed by atoms with Crippen LogP contribution in [0, 0.1) is 0 Å². The summed E-state index contributed by atoms with van der Waals surface area (Å²) in [5.41, 5.74) is 1.32. The second kappa shape index (κ2) is 12.2. The molecule has 0 unspecified atom stereocenters. The largest absolute Gasteiger partial charge is 0.491 e. The van der Waals surface area contributed by atoms with Crippen molar-refractivity contribution < 1.29 is 38.8 Å². The van der Waals surface area contributed by atoms with Crippen LogP contribution in [0.3, 0.4) is 0 Å². The fourth-order valence-electron chi connectivity index (χ4n) is 2.84. The Morgan fingerprint density at radius 1 is 1.09 bits per heavy atom. The molecule has 170 valence electrons. The summed E-state index contributed by atoms with van der Waals surface area (Å²) in [6.45, 7) is 1.23. The number of anilines is 1. The van der Waals surface area contributed by atoms with Crippen LogP contribution in [0.4, 0.5) is 10.5 Å². The van der Waals surface area contributed by atoms with Gasteiger partial charge in [-0.05, 0) is 43.3 Å². The van der Waals surface area contributed by atoms with Crippen molar-refractivity contribution in [1.29, 1.82) is 0 Å². The maximum absolute atomic E-state index is 12.6. The Morgan fingerprint density at radius 3 is 2.38 bits per heavy atom. The van der Waals surface area contributed by atoms with Gasteiger partial charge in [-0.2, -0.15) is 0 Å². The smallest absolute Gasteiger partial charge is 0.412 e. The van der Waals surface area contributed by atoms with Gasteiger partial charge in [-0.3, -0.25) is 10.1 Å². The molecule has 3 N–H and O–H groups in total. The van der Waals surface area contributed by atoms with E-state index in [0.29, 0.717) is 22.6 Å². The average Bonchev–Trinajstić information content (AvgIpc) is 2.77. The molecule has 0 aliphatic rings. The lowest BCUT2D eigenvalue weighted by atomic mass is 10.0. The van der Waals surface area contributed by atoms with Crippen molar-refractivity contribution in [1.82, 2.24) is 0 Å². The molecule has 0 aromatic heterocycles. The molecule has 2 rings (SSSR count). The number of Topliss-reactive ketones (excluding diaryl/α,β-unsaturated/α-hetero) is 1. The Labute approximate surface area is 185 Å². The number of ketones is 1. The summed E-state index contributed by atoms with van der Waals surface area (Å²) in [6, 6.07) is 12.9. The van der Waals surface area contributed by atoms with Crippen LogP contribution in [0.25, 0.3) is 0 Å². The molecular weight excluding hydrogens is 418 g/mol. The van der Waals surface area contributed by atoms with Crippen LogP contribution in [0.15, 0.2) is 60.7 Å². The van der Waals surface area contributed by atoms with Gasteiger partial charge in [0, 0.05) is 30.0 Å². The van der Waals surface area contributed by atoms with E-state index in [2.05, 4.69) is 5.32 Å². The summed E-state index contributed by atoms with van der Waals surface area (Å²) >= 11 is 0. The highest BCUT2D eigenvalue weighted by molar-refractivity contribution is 5.95. The number of methoxy groups -OCH3 is 1. The van der Waals surface area contributed by atoms with Gasteiger partial charge >= 0.3 is 12.1 Å². The molecule has 0 aliphatic heterocycles. The fraction of sp³-hybridized carbons (Fsp3) is 0.261. The number of amides is 1. The predicted molar refractivity (Wildman–Crippen MR) is 116 cm³/mol. The molecule has 2 aromatic rings. The van der Waals surface area contributed by atoms with E-state index in [4.69, 9.17) is 24.4 Å². The zero-order chi connectivity index (χ0) is 23.5. The molecule has 0 saturated heterocycles. The summed E-state index contributed by atoms with van der Waals surface area (Å²) in [4.78, 5) is 35.0. The monoisotopic (exact) mass is 443 g/mol. The number of benzene rings is 2. The topological polar surface area (TPSA) is 131 Å². The molecule has 32 heavy (non-hydrogen) atoms. The Kier molecular flexibility index (Phi) is 9.40. The highest BCUT2D eigenvalue weighted by Crippen LogP contribution is 2.32. The lowest BCUT2D eigenvalue weighted by molar-refractivity contribution is -0.131. The molecule has 0 saturated carbocycles. The number of rotatable bonds is 11. The van der Waals surface area contributed by atoms with Gasteiger partial charge in [0.1, 0.15) is 18.5 Å². The average molecular weight is 443 g/mol. The molecule has 0 fully saturated rings. The summed E-state index contributed by atoms with van der Waals surface area (Å²) in [6.07, 6.45) is -0.698. The predicted octanol–water partition coefficient (Wildman–Crippen LogP) is 3.21. The van der Waals surface area contributed by atoms with E-state index in [1.165, 1.54) is 20.1 Å². The van der Waals surface area contributed by atoms with Crippen LogP contribution >= 0.6 is 0 Å². The van der Waals surface area contributed by atoms with E-state index in [9.17, 15) is 14.4 Å². The van der Waals surface area contributed by atoms with Crippen molar-refractivity contribution in [2.24, 2.45) is 0 Å². The van der Waals surface area contributed by atoms with Gasteiger partial charge in [-0.25, -0.2) is 9.59 Å². The third-order valence-corrected chi connectivity index (χ3v) is 4.35. The molecule has 2 atom stereocenters. The van der Waals surface area contributed by atoms with Gasteiger partial charge in [0.05, 0.1) is 6.61 Å². The molecule has 9 heteroatoms. The lowest BCUT2D eigenvalue weighted by Gasteiger charge is -2.26. The van der Waals surface area contributed by atoms with Crippen molar-refractivity contribution in [3.8, 4) is 5.75 Å². The number of carbonyl (C=O) groups is 3. The molecule has 0 bridgehead atoms. The quantitative estimate of drug-likeness (QED) is 0.356. The summed E-state index contributed by atoms with van der Waals surface area (Å²) in [5, 5.41) is 20.6. The number of hydrogen-bond donors (Lipinski definition) is 3. The molecule has 0 radical (unpaired) electrons. The summed E-state index contributed by atoms with van der Waals surface area (Å²) in [7, 11) is 1.35. The van der Waals surface area contributed by atoms with Gasteiger partial charge in [0.15, 0.2) is 11.9 Å². The Morgan fingerprint density at radius 2 is 1.78 bits per heavy atom.